The fourth-order valence-electron chi connectivity index (χ4n) is 3.65. The molecule has 7 heteroatoms. The lowest BCUT2D eigenvalue weighted by Gasteiger charge is -2.16. The Kier molecular flexibility index (Phi) is 4.43. The molecule has 1 atom stereocenters. The van der Waals surface area contributed by atoms with E-state index in [4.69, 9.17) is 17.0 Å². The van der Waals surface area contributed by atoms with Gasteiger partial charge in [-0.3, -0.25) is 14.2 Å². The standard InChI is InChI=1S/C18H21N3O3S/c22-16(20-7-1-2-8-20)12-5-6-14-15(10-12)19-18(25)21(17(14)23)11-13-4-3-9-24-13/h5-6,10,13H,1-4,7-9,11H2,(H,19,25). The molecule has 0 saturated carbocycles. The van der Waals surface area contributed by atoms with Gasteiger partial charge in [0, 0.05) is 25.3 Å². The van der Waals surface area contributed by atoms with Crippen LogP contribution < -0.4 is 5.56 Å². The lowest BCUT2D eigenvalue weighted by molar-refractivity contribution is 0.0793. The highest BCUT2D eigenvalue weighted by Crippen LogP contribution is 2.17. The molecule has 2 fully saturated rings. The predicted octanol–water partition coefficient (Wildman–Crippen LogP) is 2.47. The van der Waals surface area contributed by atoms with Gasteiger partial charge in [-0.05, 0) is 56.1 Å². The molecule has 2 saturated heterocycles. The first-order chi connectivity index (χ1) is 12.1. The van der Waals surface area contributed by atoms with Crippen molar-refractivity contribution in [1.29, 1.82) is 0 Å². The second kappa shape index (κ2) is 6.72. The summed E-state index contributed by atoms with van der Waals surface area (Å²) in [6.45, 7) is 2.82. The number of carbonyl (C=O) groups is 1. The Morgan fingerprint density at radius 3 is 2.80 bits per heavy atom. The average molecular weight is 359 g/mol. The third kappa shape index (κ3) is 3.14. The Morgan fingerprint density at radius 1 is 1.28 bits per heavy atom. The number of likely N-dealkylation sites (tertiary alicyclic amines) is 1. The minimum absolute atomic E-state index is 0.0160. The van der Waals surface area contributed by atoms with Gasteiger partial charge in [0.15, 0.2) is 4.77 Å². The summed E-state index contributed by atoms with van der Waals surface area (Å²) >= 11 is 5.37. The highest BCUT2D eigenvalue weighted by molar-refractivity contribution is 7.71. The number of nitrogens with one attached hydrogen (secondary N) is 1. The molecule has 2 aliphatic heterocycles. The van der Waals surface area contributed by atoms with Crippen molar-refractivity contribution in [2.45, 2.75) is 38.3 Å². The quantitative estimate of drug-likeness (QED) is 0.855. The van der Waals surface area contributed by atoms with E-state index in [-0.39, 0.29) is 17.6 Å². The van der Waals surface area contributed by atoms with E-state index in [1.807, 2.05) is 4.90 Å². The van der Waals surface area contributed by atoms with Crippen LogP contribution in [0.5, 0.6) is 0 Å². The SMILES string of the molecule is O=C(c1ccc2c(=O)n(CC3CCCO3)c(=S)[nH]c2c1)N1CCCC1. The zero-order chi connectivity index (χ0) is 17.4. The number of rotatable bonds is 3. The van der Waals surface area contributed by atoms with Crippen LogP contribution in [0.4, 0.5) is 0 Å². The van der Waals surface area contributed by atoms with Crippen LogP contribution in [0.2, 0.25) is 0 Å². The molecule has 6 nitrogen and oxygen atoms in total. The minimum Gasteiger partial charge on any atom is -0.376 e. The van der Waals surface area contributed by atoms with Gasteiger partial charge in [-0.15, -0.1) is 0 Å². The summed E-state index contributed by atoms with van der Waals surface area (Å²) in [4.78, 5) is 30.3. The molecule has 1 unspecified atom stereocenters. The van der Waals surface area contributed by atoms with E-state index in [2.05, 4.69) is 4.98 Å². The summed E-state index contributed by atoms with van der Waals surface area (Å²) in [5, 5.41) is 0.546. The molecule has 1 aromatic carbocycles. The van der Waals surface area contributed by atoms with E-state index in [0.29, 0.717) is 27.8 Å². The smallest absolute Gasteiger partial charge is 0.262 e. The van der Waals surface area contributed by atoms with Crippen LogP contribution in [0, 0.1) is 4.77 Å². The van der Waals surface area contributed by atoms with Crippen LogP contribution in [0.25, 0.3) is 10.9 Å². The second-order valence-corrected chi connectivity index (χ2v) is 7.13. The molecule has 0 radical (unpaired) electrons. The van der Waals surface area contributed by atoms with Crippen LogP contribution in [0.15, 0.2) is 23.0 Å². The van der Waals surface area contributed by atoms with E-state index in [1.54, 1.807) is 22.8 Å². The van der Waals surface area contributed by atoms with E-state index in [9.17, 15) is 9.59 Å². The van der Waals surface area contributed by atoms with Crippen molar-refractivity contribution in [3.8, 4) is 0 Å². The summed E-state index contributed by atoms with van der Waals surface area (Å²) in [7, 11) is 0. The van der Waals surface area contributed by atoms with Gasteiger partial charge < -0.3 is 14.6 Å². The molecule has 4 rings (SSSR count). The molecule has 2 aromatic rings. The zero-order valence-corrected chi connectivity index (χ0v) is 14.8. The minimum atomic E-state index is -0.130. The number of hydrogen-bond acceptors (Lipinski definition) is 4. The monoisotopic (exact) mass is 359 g/mol. The highest BCUT2D eigenvalue weighted by atomic mass is 32.1. The second-order valence-electron chi connectivity index (χ2n) is 6.74. The number of fused-ring (bicyclic) bond motifs is 1. The van der Waals surface area contributed by atoms with Gasteiger partial charge in [-0.2, -0.15) is 0 Å². The number of H-pyrrole nitrogens is 1. The maximum atomic E-state index is 12.8. The van der Waals surface area contributed by atoms with Gasteiger partial charge in [0.1, 0.15) is 0 Å². The molecule has 132 valence electrons. The average Bonchev–Trinajstić information content (AvgIpc) is 3.31. The summed E-state index contributed by atoms with van der Waals surface area (Å²) in [6, 6.07) is 5.19. The summed E-state index contributed by atoms with van der Waals surface area (Å²) in [5.41, 5.74) is 1.08. The van der Waals surface area contributed by atoms with Gasteiger partial charge in [-0.1, -0.05) is 0 Å². The van der Waals surface area contributed by atoms with Gasteiger partial charge in [0.2, 0.25) is 0 Å². The third-order valence-corrected chi connectivity index (χ3v) is 5.35. The van der Waals surface area contributed by atoms with Gasteiger partial charge in [-0.25, -0.2) is 0 Å². The maximum absolute atomic E-state index is 12.8. The number of nitrogens with zero attached hydrogens (tertiary/aromatic N) is 2. The number of ether oxygens (including phenoxy) is 1. The van der Waals surface area contributed by atoms with Crippen LogP contribution in [0.3, 0.4) is 0 Å². The molecule has 0 spiro atoms. The van der Waals surface area contributed by atoms with Crippen LogP contribution >= 0.6 is 12.2 Å². The lowest BCUT2D eigenvalue weighted by Crippen LogP contribution is -2.29. The van der Waals surface area contributed by atoms with Crippen LogP contribution in [-0.2, 0) is 11.3 Å². The van der Waals surface area contributed by atoms with Crippen molar-refractivity contribution < 1.29 is 9.53 Å². The number of hydrogen-bond donors (Lipinski definition) is 1. The van der Waals surface area contributed by atoms with Crippen molar-refractivity contribution in [3.63, 3.8) is 0 Å². The molecule has 0 bridgehead atoms. The van der Waals surface area contributed by atoms with E-state index >= 15 is 0 Å². The molecule has 1 aromatic heterocycles. The van der Waals surface area contributed by atoms with Crippen LogP contribution in [0.1, 0.15) is 36.0 Å². The molecule has 3 heterocycles. The Balaban J connectivity index is 1.70. The van der Waals surface area contributed by atoms with Crippen molar-refractivity contribution in [3.05, 3.63) is 38.9 Å². The van der Waals surface area contributed by atoms with Gasteiger partial charge in [0.25, 0.3) is 11.5 Å². The largest absolute Gasteiger partial charge is 0.376 e. The van der Waals surface area contributed by atoms with Crippen molar-refractivity contribution in [2.24, 2.45) is 0 Å². The van der Waals surface area contributed by atoms with Crippen LogP contribution in [-0.4, -0.2) is 46.2 Å². The number of aromatic amines is 1. The first-order valence-electron chi connectivity index (χ1n) is 8.81. The molecule has 0 aliphatic carbocycles. The number of amides is 1. The van der Waals surface area contributed by atoms with Gasteiger partial charge in [0.05, 0.1) is 23.6 Å². The highest BCUT2D eigenvalue weighted by Gasteiger charge is 2.21. The normalized spacial score (nSPS) is 20.5. The fourth-order valence-corrected chi connectivity index (χ4v) is 3.92. The van der Waals surface area contributed by atoms with Crippen molar-refractivity contribution in [2.75, 3.05) is 19.7 Å². The maximum Gasteiger partial charge on any atom is 0.262 e. The number of benzene rings is 1. The topological polar surface area (TPSA) is 67.3 Å². The van der Waals surface area contributed by atoms with E-state index in [1.165, 1.54) is 0 Å². The van der Waals surface area contributed by atoms with E-state index < -0.39 is 0 Å². The zero-order valence-electron chi connectivity index (χ0n) is 14.0. The fraction of sp³-hybridized carbons (Fsp3) is 0.500. The summed E-state index contributed by atoms with van der Waals surface area (Å²) in [5.74, 6) is 0.0160. The Bertz CT molecular complexity index is 921. The first-order valence-corrected chi connectivity index (χ1v) is 9.22. The van der Waals surface area contributed by atoms with Gasteiger partial charge >= 0.3 is 0 Å². The number of carbonyl (C=O) groups excluding carboxylic acids is 1. The lowest BCUT2D eigenvalue weighted by atomic mass is 10.1. The third-order valence-electron chi connectivity index (χ3n) is 5.03. The predicted molar refractivity (Wildman–Crippen MR) is 97.5 cm³/mol. The van der Waals surface area contributed by atoms with Crippen molar-refractivity contribution in [1.82, 2.24) is 14.5 Å². The number of aromatic nitrogens is 2. The Labute approximate surface area is 150 Å². The van der Waals surface area contributed by atoms with E-state index in [0.717, 1.165) is 45.4 Å². The Morgan fingerprint density at radius 2 is 2.08 bits per heavy atom. The molecule has 2 aliphatic rings. The molecular weight excluding hydrogens is 338 g/mol. The molecule has 25 heavy (non-hydrogen) atoms. The summed E-state index contributed by atoms with van der Waals surface area (Å²) in [6.07, 6.45) is 4.11. The first kappa shape index (κ1) is 16.5. The molecule has 1 amide bonds. The molecular formula is C18H21N3O3S. The summed E-state index contributed by atoms with van der Waals surface area (Å²) < 4.78 is 7.56. The molecule has 1 N–H and O–H groups in total. The Hall–Kier alpha value is -1.99. The van der Waals surface area contributed by atoms with Crippen molar-refractivity contribution >= 4 is 29.0 Å².